The maximum atomic E-state index is 12.9. The van der Waals surface area contributed by atoms with E-state index in [1.807, 2.05) is 0 Å². The molecule has 0 saturated carbocycles. The van der Waals surface area contributed by atoms with Gasteiger partial charge in [-0.15, -0.1) is 0 Å². The summed E-state index contributed by atoms with van der Waals surface area (Å²) >= 11 is 0. The highest BCUT2D eigenvalue weighted by atomic mass is 32.2. The molecule has 1 N–H and O–H groups in total. The van der Waals surface area contributed by atoms with Gasteiger partial charge in [-0.25, -0.2) is 12.8 Å². The summed E-state index contributed by atoms with van der Waals surface area (Å²) in [6.07, 6.45) is 0. The number of amides is 1. The third kappa shape index (κ3) is 3.43. The van der Waals surface area contributed by atoms with Crippen molar-refractivity contribution in [2.75, 3.05) is 18.8 Å². The van der Waals surface area contributed by atoms with Crippen molar-refractivity contribution in [2.45, 2.75) is 4.90 Å². The maximum Gasteiger partial charge on any atom is 0.261 e. The van der Waals surface area contributed by atoms with Crippen LogP contribution in [0.3, 0.4) is 0 Å². The number of hydrogen-bond acceptors (Lipinski definition) is 3. The molecular weight excluding hydrogens is 307 g/mol. The normalized spacial score (nSPS) is 11.0. The minimum absolute atomic E-state index is 0.0824. The molecule has 2 aromatic carbocycles. The van der Waals surface area contributed by atoms with Gasteiger partial charge in [0.05, 0.1) is 16.1 Å². The third-order valence-corrected chi connectivity index (χ3v) is 4.31. The smallest absolute Gasteiger partial charge is 0.261 e. The Morgan fingerprint density at radius 2 is 1.64 bits per heavy atom. The van der Waals surface area contributed by atoms with E-state index in [1.165, 1.54) is 17.0 Å². The Morgan fingerprint density at radius 3 is 2.23 bits per heavy atom. The number of nitrogens with one attached hydrogen (secondary N) is 1. The standard InChI is InChI=1S/C15H15FN2O3S/c1-18(2)15(19)13-5-3-4-6-14(13)17-22(20,21)12-9-7-11(16)8-10-12/h3-10,17H,1-2H3. The van der Waals surface area contributed by atoms with Crippen molar-refractivity contribution in [2.24, 2.45) is 0 Å². The zero-order valence-corrected chi connectivity index (χ0v) is 12.9. The number of hydrogen-bond donors (Lipinski definition) is 1. The summed E-state index contributed by atoms with van der Waals surface area (Å²) in [5.74, 6) is -0.848. The van der Waals surface area contributed by atoms with E-state index >= 15 is 0 Å². The topological polar surface area (TPSA) is 66.5 Å². The molecule has 0 aromatic heterocycles. The Hall–Kier alpha value is -2.41. The molecule has 0 spiro atoms. The molecule has 0 aliphatic carbocycles. The monoisotopic (exact) mass is 322 g/mol. The van der Waals surface area contributed by atoms with Crippen molar-refractivity contribution in [1.29, 1.82) is 0 Å². The fourth-order valence-corrected chi connectivity index (χ4v) is 2.90. The van der Waals surface area contributed by atoms with Gasteiger partial charge in [-0.1, -0.05) is 12.1 Å². The fraction of sp³-hybridized carbons (Fsp3) is 0.133. The van der Waals surface area contributed by atoms with E-state index < -0.39 is 15.8 Å². The van der Waals surface area contributed by atoms with Gasteiger partial charge < -0.3 is 4.90 Å². The lowest BCUT2D eigenvalue weighted by Crippen LogP contribution is -2.24. The van der Waals surface area contributed by atoms with Crippen molar-refractivity contribution in [3.8, 4) is 0 Å². The van der Waals surface area contributed by atoms with Gasteiger partial charge in [0.15, 0.2) is 0 Å². The maximum absolute atomic E-state index is 12.9. The van der Waals surface area contributed by atoms with Crippen LogP contribution in [0.2, 0.25) is 0 Å². The van der Waals surface area contributed by atoms with Gasteiger partial charge in [0.25, 0.3) is 15.9 Å². The van der Waals surface area contributed by atoms with Crippen molar-refractivity contribution < 1.29 is 17.6 Å². The van der Waals surface area contributed by atoms with Crippen LogP contribution < -0.4 is 4.72 Å². The Bertz CT molecular complexity index is 787. The van der Waals surface area contributed by atoms with Gasteiger partial charge in [-0.2, -0.15) is 0 Å². The third-order valence-electron chi connectivity index (χ3n) is 2.93. The average molecular weight is 322 g/mol. The van der Waals surface area contributed by atoms with E-state index in [1.54, 1.807) is 26.2 Å². The molecule has 0 atom stereocenters. The van der Waals surface area contributed by atoms with Gasteiger partial charge in [0, 0.05) is 14.1 Å². The highest BCUT2D eigenvalue weighted by Crippen LogP contribution is 2.21. The number of nitrogens with zero attached hydrogens (tertiary/aromatic N) is 1. The molecule has 1 amide bonds. The Morgan fingerprint density at radius 1 is 1.05 bits per heavy atom. The lowest BCUT2D eigenvalue weighted by molar-refractivity contribution is 0.0828. The van der Waals surface area contributed by atoms with E-state index in [-0.39, 0.29) is 22.1 Å². The predicted octanol–water partition coefficient (Wildman–Crippen LogP) is 2.33. The molecule has 2 rings (SSSR count). The molecule has 0 saturated heterocycles. The van der Waals surface area contributed by atoms with Gasteiger partial charge in [0.2, 0.25) is 0 Å². The van der Waals surface area contributed by atoms with Crippen LogP contribution in [0.1, 0.15) is 10.4 Å². The van der Waals surface area contributed by atoms with Crippen LogP contribution in [0.25, 0.3) is 0 Å². The first kappa shape index (κ1) is 16.0. The van der Waals surface area contributed by atoms with Gasteiger partial charge in [-0.3, -0.25) is 9.52 Å². The summed E-state index contributed by atoms with van der Waals surface area (Å²) in [6, 6.07) is 10.7. The number of anilines is 1. The molecule has 22 heavy (non-hydrogen) atoms. The summed E-state index contributed by atoms with van der Waals surface area (Å²) in [5.41, 5.74) is 0.406. The molecule has 0 radical (unpaired) electrons. The van der Waals surface area contributed by atoms with Gasteiger partial charge >= 0.3 is 0 Å². The van der Waals surface area contributed by atoms with E-state index in [4.69, 9.17) is 0 Å². The van der Waals surface area contributed by atoms with Gasteiger partial charge in [-0.05, 0) is 36.4 Å². The van der Waals surface area contributed by atoms with Crippen molar-refractivity contribution in [3.63, 3.8) is 0 Å². The largest absolute Gasteiger partial charge is 0.345 e. The van der Waals surface area contributed by atoms with Crippen LogP contribution in [0, 0.1) is 5.82 Å². The zero-order chi connectivity index (χ0) is 16.3. The summed E-state index contributed by atoms with van der Waals surface area (Å²) < 4.78 is 39.9. The van der Waals surface area contributed by atoms with Crippen molar-refractivity contribution in [3.05, 3.63) is 59.9 Å². The summed E-state index contributed by atoms with van der Waals surface area (Å²) in [6.45, 7) is 0. The Kier molecular flexibility index (Phi) is 4.46. The molecule has 0 aliphatic heterocycles. The minimum Gasteiger partial charge on any atom is -0.345 e. The molecule has 116 valence electrons. The van der Waals surface area contributed by atoms with Crippen LogP contribution in [-0.2, 0) is 10.0 Å². The molecule has 0 unspecified atom stereocenters. The van der Waals surface area contributed by atoms with E-state index in [0.29, 0.717) is 0 Å². The van der Waals surface area contributed by atoms with E-state index in [2.05, 4.69) is 4.72 Å². The highest BCUT2D eigenvalue weighted by Gasteiger charge is 2.19. The molecule has 0 fully saturated rings. The SMILES string of the molecule is CN(C)C(=O)c1ccccc1NS(=O)(=O)c1ccc(F)cc1. The second-order valence-corrected chi connectivity index (χ2v) is 6.49. The summed E-state index contributed by atoms with van der Waals surface area (Å²) in [7, 11) is -0.745. The number of carbonyl (C=O) groups is 1. The Labute approximate surface area is 128 Å². The molecule has 0 aliphatic rings. The van der Waals surface area contributed by atoms with Gasteiger partial charge in [0.1, 0.15) is 5.82 Å². The van der Waals surface area contributed by atoms with Crippen LogP contribution in [0.5, 0.6) is 0 Å². The van der Waals surface area contributed by atoms with Crippen molar-refractivity contribution >= 4 is 21.6 Å². The predicted molar refractivity (Wildman–Crippen MR) is 81.7 cm³/mol. The zero-order valence-electron chi connectivity index (χ0n) is 12.1. The lowest BCUT2D eigenvalue weighted by atomic mass is 10.1. The second-order valence-electron chi connectivity index (χ2n) is 4.80. The van der Waals surface area contributed by atoms with Crippen LogP contribution >= 0.6 is 0 Å². The number of sulfonamides is 1. The summed E-state index contributed by atoms with van der Waals surface area (Å²) in [5, 5.41) is 0. The molecule has 0 heterocycles. The number of para-hydroxylation sites is 1. The fourth-order valence-electron chi connectivity index (χ4n) is 1.82. The summed E-state index contributed by atoms with van der Waals surface area (Å²) in [4.78, 5) is 13.3. The second kappa shape index (κ2) is 6.15. The quantitative estimate of drug-likeness (QED) is 0.939. The van der Waals surface area contributed by atoms with E-state index in [0.717, 1.165) is 24.3 Å². The van der Waals surface area contributed by atoms with Crippen LogP contribution in [0.15, 0.2) is 53.4 Å². The average Bonchev–Trinajstić information content (AvgIpc) is 2.47. The first-order valence-corrected chi connectivity index (χ1v) is 7.88. The van der Waals surface area contributed by atoms with Crippen molar-refractivity contribution in [1.82, 2.24) is 4.90 Å². The highest BCUT2D eigenvalue weighted by molar-refractivity contribution is 7.92. The number of halogens is 1. The molecule has 2 aromatic rings. The number of carbonyl (C=O) groups excluding carboxylic acids is 1. The molecule has 7 heteroatoms. The molecule has 0 bridgehead atoms. The van der Waals surface area contributed by atoms with Crippen LogP contribution in [0.4, 0.5) is 10.1 Å². The first-order chi connectivity index (χ1) is 10.3. The minimum atomic E-state index is -3.90. The molecule has 5 nitrogen and oxygen atoms in total. The van der Waals surface area contributed by atoms with E-state index in [9.17, 15) is 17.6 Å². The number of rotatable bonds is 4. The Balaban J connectivity index is 2.38. The lowest BCUT2D eigenvalue weighted by Gasteiger charge is -2.15. The number of benzene rings is 2. The first-order valence-electron chi connectivity index (χ1n) is 6.40. The van der Waals surface area contributed by atoms with Crippen LogP contribution in [-0.4, -0.2) is 33.3 Å². The molecular formula is C15H15FN2O3S.